The first-order valence-corrected chi connectivity index (χ1v) is 5.32. The highest BCUT2D eigenvalue weighted by Crippen LogP contribution is 2.29. The molecule has 3 nitrogen and oxygen atoms in total. The van der Waals surface area contributed by atoms with Crippen molar-refractivity contribution in [1.29, 1.82) is 0 Å². The number of hydrogen-bond acceptors (Lipinski definition) is 3. The smallest absolute Gasteiger partial charge is 0.339 e. The van der Waals surface area contributed by atoms with E-state index in [2.05, 4.69) is 4.74 Å². The fourth-order valence-corrected chi connectivity index (χ4v) is 2.00. The molecule has 0 spiro atoms. The molecular weight excluding hydrogens is 209 g/mol. The first-order valence-electron chi connectivity index (χ1n) is 5.32. The summed E-state index contributed by atoms with van der Waals surface area (Å²) in [5, 5.41) is 0. The second kappa shape index (κ2) is 4.51. The van der Waals surface area contributed by atoms with Crippen molar-refractivity contribution in [2.75, 3.05) is 18.6 Å². The van der Waals surface area contributed by atoms with Crippen LogP contribution in [0.2, 0.25) is 0 Å². The van der Waals surface area contributed by atoms with Gasteiger partial charge in [-0.2, -0.15) is 0 Å². The minimum absolute atomic E-state index is 0.422. The van der Waals surface area contributed by atoms with E-state index < -0.39 is 12.3 Å². The molecule has 1 aliphatic rings. The molecule has 0 saturated carbocycles. The van der Waals surface area contributed by atoms with Gasteiger partial charge in [0, 0.05) is 6.54 Å². The van der Waals surface area contributed by atoms with E-state index in [-0.39, 0.29) is 0 Å². The Morgan fingerprint density at radius 1 is 1.50 bits per heavy atom. The average Bonchev–Trinajstić information content (AvgIpc) is 2.74. The maximum atomic E-state index is 13.6. The van der Waals surface area contributed by atoms with E-state index in [1.807, 2.05) is 0 Å². The molecule has 0 aromatic heterocycles. The zero-order valence-corrected chi connectivity index (χ0v) is 9.15. The maximum Gasteiger partial charge on any atom is 0.339 e. The summed E-state index contributed by atoms with van der Waals surface area (Å²) >= 11 is 0. The van der Waals surface area contributed by atoms with E-state index in [0.717, 1.165) is 6.42 Å². The van der Waals surface area contributed by atoms with Crippen LogP contribution in [0, 0.1) is 0 Å². The molecule has 1 fully saturated rings. The normalized spacial score (nSPS) is 19.9. The van der Waals surface area contributed by atoms with Crippen LogP contribution in [0.4, 0.5) is 10.1 Å². The number of esters is 1. The van der Waals surface area contributed by atoms with E-state index in [1.165, 1.54) is 7.11 Å². The Hall–Kier alpha value is -1.58. The molecule has 2 rings (SSSR count). The van der Waals surface area contributed by atoms with Gasteiger partial charge in [-0.15, -0.1) is 0 Å². The van der Waals surface area contributed by atoms with Gasteiger partial charge in [0.25, 0.3) is 0 Å². The van der Waals surface area contributed by atoms with Crippen molar-refractivity contribution in [2.45, 2.75) is 19.1 Å². The van der Waals surface area contributed by atoms with Crippen LogP contribution in [0.1, 0.15) is 23.2 Å². The Balaban J connectivity index is 2.36. The monoisotopic (exact) mass is 223 g/mol. The van der Waals surface area contributed by atoms with Gasteiger partial charge in [-0.05, 0) is 25.0 Å². The van der Waals surface area contributed by atoms with Crippen molar-refractivity contribution >= 4 is 11.7 Å². The van der Waals surface area contributed by atoms with Crippen molar-refractivity contribution in [2.24, 2.45) is 0 Å². The van der Waals surface area contributed by atoms with Gasteiger partial charge >= 0.3 is 5.97 Å². The molecular formula is C12H14FNO2. The van der Waals surface area contributed by atoms with Crippen LogP contribution in [0.3, 0.4) is 0 Å². The number of hydrogen-bond donors (Lipinski definition) is 0. The summed E-state index contributed by atoms with van der Waals surface area (Å²) in [7, 11) is 1.33. The lowest BCUT2D eigenvalue weighted by Crippen LogP contribution is -2.27. The summed E-state index contributed by atoms with van der Waals surface area (Å²) in [6, 6.07) is 6.96. The topological polar surface area (TPSA) is 29.5 Å². The van der Waals surface area contributed by atoms with Gasteiger partial charge in [0.2, 0.25) is 0 Å². The van der Waals surface area contributed by atoms with E-state index in [4.69, 9.17) is 0 Å². The lowest BCUT2D eigenvalue weighted by atomic mass is 10.1. The number of ether oxygens (including phenoxy) is 1. The van der Waals surface area contributed by atoms with Crippen LogP contribution >= 0.6 is 0 Å². The molecule has 16 heavy (non-hydrogen) atoms. The number of benzene rings is 1. The van der Waals surface area contributed by atoms with E-state index in [9.17, 15) is 9.18 Å². The maximum absolute atomic E-state index is 13.6. The lowest BCUT2D eigenvalue weighted by Gasteiger charge is -2.22. The van der Waals surface area contributed by atoms with Gasteiger partial charge in [0.1, 0.15) is 0 Å². The van der Waals surface area contributed by atoms with E-state index in [1.54, 1.807) is 29.2 Å². The number of rotatable bonds is 2. The number of methoxy groups -OCH3 is 1. The summed E-state index contributed by atoms with van der Waals surface area (Å²) in [4.78, 5) is 13.1. The number of alkyl halides is 1. The van der Waals surface area contributed by atoms with E-state index in [0.29, 0.717) is 24.2 Å². The largest absolute Gasteiger partial charge is 0.465 e. The van der Waals surface area contributed by atoms with Crippen molar-refractivity contribution < 1.29 is 13.9 Å². The molecule has 1 aliphatic heterocycles. The number of carbonyl (C=O) groups excluding carboxylic acids is 1. The van der Waals surface area contributed by atoms with Crippen molar-refractivity contribution in [1.82, 2.24) is 0 Å². The molecule has 1 aromatic rings. The lowest BCUT2D eigenvalue weighted by molar-refractivity contribution is 0.0601. The highest BCUT2D eigenvalue weighted by molar-refractivity contribution is 5.95. The molecule has 0 amide bonds. The third-order valence-corrected chi connectivity index (χ3v) is 2.80. The van der Waals surface area contributed by atoms with Crippen LogP contribution in [-0.4, -0.2) is 25.9 Å². The van der Waals surface area contributed by atoms with E-state index >= 15 is 0 Å². The van der Waals surface area contributed by atoms with Gasteiger partial charge in [-0.1, -0.05) is 12.1 Å². The first-order chi connectivity index (χ1) is 7.74. The van der Waals surface area contributed by atoms with Gasteiger partial charge in [0.15, 0.2) is 6.30 Å². The van der Waals surface area contributed by atoms with Crippen molar-refractivity contribution in [3.8, 4) is 0 Å². The average molecular weight is 223 g/mol. The second-order valence-electron chi connectivity index (χ2n) is 3.78. The van der Waals surface area contributed by atoms with Crippen LogP contribution in [-0.2, 0) is 4.74 Å². The Kier molecular flexibility index (Phi) is 3.08. The van der Waals surface area contributed by atoms with Crippen LogP contribution in [0.25, 0.3) is 0 Å². The van der Waals surface area contributed by atoms with Gasteiger partial charge in [-0.3, -0.25) is 0 Å². The summed E-state index contributed by atoms with van der Waals surface area (Å²) in [5.41, 5.74) is 1.05. The molecule has 0 bridgehead atoms. The molecule has 0 radical (unpaired) electrons. The minimum Gasteiger partial charge on any atom is -0.465 e. The zero-order chi connectivity index (χ0) is 11.5. The van der Waals surface area contributed by atoms with Crippen LogP contribution in [0.5, 0.6) is 0 Å². The minimum atomic E-state index is -0.995. The highest BCUT2D eigenvalue weighted by atomic mass is 19.1. The summed E-state index contributed by atoms with van der Waals surface area (Å²) in [6.07, 6.45) is 0.345. The quantitative estimate of drug-likeness (QED) is 0.569. The molecule has 1 heterocycles. The van der Waals surface area contributed by atoms with Crippen molar-refractivity contribution in [3.63, 3.8) is 0 Å². The summed E-state index contributed by atoms with van der Waals surface area (Å²) in [5.74, 6) is -0.422. The number of anilines is 1. The van der Waals surface area contributed by atoms with Crippen LogP contribution in [0.15, 0.2) is 24.3 Å². The SMILES string of the molecule is COC(=O)c1ccccc1N1CCCC1F. The number of nitrogens with zero attached hydrogens (tertiary/aromatic N) is 1. The van der Waals surface area contributed by atoms with Crippen LogP contribution < -0.4 is 4.90 Å². The number of para-hydroxylation sites is 1. The van der Waals surface area contributed by atoms with Gasteiger partial charge in [0.05, 0.1) is 18.4 Å². The molecule has 0 N–H and O–H groups in total. The molecule has 0 aliphatic carbocycles. The molecule has 1 saturated heterocycles. The fraction of sp³-hybridized carbons (Fsp3) is 0.417. The molecule has 1 aromatic carbocycles. The molecule has 4 heteroatoms. The fourth-order valence-electron chi connectivity index (χ4n) is 2.00. The Bertz CT molecular complexity index is 394. The molecule has 1 atom stereocenters. The summed E-state index contributed by atoms with van der Waals surface area (Å²) < 4.78 is 18.3. The Labute approximate surface area is 93.8 Å². The third kappa shape index (κ3) is 1.87. The second-order valence-corrected chi connectivity index (χ2v) is 3.78. The third-order valence-electron chi connectivity index (χ3n) is 2.80. The van der Waals surface area contributed by atoms with Gasteiger partial charge in [-0.25, -0.2) is 9.18 Å². The molecule has 86 valence electrons. The van der Waals surface area contributed by atoms with Gasteiger partial charge < -0.3 is 9.64 Å². The Morgan fingerprint density at radius 3 is 2.88 bits per heavy atom. The predicted octanol–water partition coefficient (Wildman–Crippen LogP) is 2.37. The first kappa shape index (κ1) is 10.9. The summed E-state index contributed by atoms with van der Waals surface area (Å²) in [6.45, 7) is 0.648. The highest BCUT2D eigenvalue weighted by Gasteiger charge is 2.27. The Morgan fingerprint density at radius 2 is 2.25 bits per heavy atom. The molecule has 1 unspecified atom stereocenters. The standard InChI is InChI=1S/C12H14FNO2/c1-16-12(15)9-5-2-3-6-10(9)14-8-4-7-11(14)13/h2-3,5-6,11H,4,7-8H2,1H3. The number of halogens is 1. The predicted molar refractivity (Wildman–Crippen MR) is 59.3 cm³/mol. The number of carbonyl (C=O) groups is 1. The van der Waals surface area contributed by atoms with Crippen molar-refractivity contribution in [3.05, 3.63) is 29.8 Å². The zero-order valence-electron chi connectivity index (χ0n) is 9.15.